The first kappa shape index (κ1) is 67.8. The van der Waals surface area contributed by atoms with E-state index in [9.17, 15) is 70.9 Å². The van der Waals surface area contributed by atoms with Crippen LogP contribution >= 0.6 is 54.2 Å². The monoisotopic (exact) mass is 1240 g/mol. The number of anilines is 2. The van der Waals surface area contributed by atoms with Gasteiger partial charge in [-0.1, -0.05) is 46.4 Å². The van der Waals surface area contributed by atoms with Crippen LogP contribution in [0.1, 0.15) is 33.4 Å². The van der Waals surface area contributed by atoms with Crippen molar-refractivity contribution in [3.63, 3.8) is 0 Å². The Morgan fingerprint density at radius 3 is 1.34 bits per heavy atom. The first-order valence-corrected chi connectivity index (χ1v) is 26.6. The molecule has 4 aromatic carbocycles. The van der Waals surface area contributed by atoms with E-state index in [1.807, 2.05) is 6.92 Å². The van der Waals surface area contributed by atoms with Gasteiger partial charge in [0.1, 0.15) is 21.3 Å². The molecule has 19 nitrogen and oxygen atoms in total. The van der Waals surface area contributed by atoms with Crippen LogP contribution in [-0.4, -0.2) is 81.6 Å². The quantitative estimate of drug-likeness (QED) is 0.0138. The van der Waals surface area contributed by atoms with Gasteiger partial charge in [-0.05, 0) is 86.3 Å². The van der Waals surface area contributed by atoms with Crippen LogP contribution in [0.25, 0.3) is 21.9 Å². The number of aliphatic carboxylic acids is 1. The van der Waals surface area contributed by atoms with Crippen molar-refractivity contribution in [1.29, 1.82) is 0 Å². The summed E-state index contributed by atoms with van der Waals surface area (Å²) >= 11 is 23.7. The summed E-state index contributed by atoms with van der Waals surface area (Å²) in [7, 11) is -12.8. The zero-order chi connectivity index (χ0) is 57.9. The molecule has 0 unspecified atom stereocenters. The van der Waals surface area contributed by atoms with Crippen LogP contribution in [0.15, 0.2) is 76.7 Å². The molecule has 412 valence electrons. The summed E-state index contributed by atoms with van der Waals surface area (Å²) in [5, 5.41) is 11.2. The van der Waals surface area contributed by atoms with Crippen molar-refractivity contribution >= 4 is 126 Å². The van der Waals surface area contributed by atoms with Crippen LogP contribution in [-0.2, 0) is 42.7 Å². The molecule has 0 radical (unpaired) electrons. The van der Waals surface area contributed by atoms with Gasteiger partial charge in [0, 0.05) is 52.2 Å². The third-order valence-electron chi connectivity index (χ3n) is 9.69. The van der Waals surface area contributed by atoms with Crippen molar-refractivity contribution in [2.24, 2.45) is 0 Å². The Hall–Kier alpha value is -4.26. The summed E-state index contributed by atoms with van der Waals surface area (Å²) in [5.74, 6) is -2.41. The molecular formula is C43H41Cl4F6KN4O15PS2-. The normalized spacial score (nSPS) is 12.2. The Balaban J connectivity index is 0.000000377. The number of nitrogens with two attached hydrogens (primary N) is 2. The van der Waals surface area contributed by atoms with Gasteiger partial charge in [0.25, 0.3) is 10.1 Å². The van der Waals surface area contributed by atoms with Gasteiger partial charge in [-0.25, -0.2) is 27.5 Å². The zero-order valence-electron chi connectivity index (χ0n) is 40.8. The summed E-state index contributed by atoms with van der Waals surface area (Å²) in [6.07, 6.45) is -0.895. The molecule has 0 fully saturated rings. The van der Waals surface area contributed by atoms with Crippen molar-refractivity contribution in [2.75, 3.05) is 39.7 Å². The maximum atomic E-state index is 12.4. The number of carbonyl (C=O) groups excluding carboxylic acids is 2. The molecule has 76 heavy (non-hydrogen) atoms. The summed E-state index contributed by atoms with van der Waals surface area (Å²) in [5.41, 5.74) is 14.8. The fraction of sp³-hybridized carbons (Fsp3) is 0.233. The van der Waals surface area contributed by atoms with E-state index in [1.165, 1.54) is 6.07 Å². The molecular weight excluding hydrogens is 1200 g/mol. The van der Waals surface area contributed by atoms with Crippen LogP contribution < -0.4 is 88.7 Å². The van der Waals surface area contributed by atoms with E-state index < -0.39 is 73.9 Å². The molecule has 0 aliphatic carbocycles. The molecule has 0 aliphatic heterocycles. The third kappa shape index (κ3) is 20.2. The fourth-order valence-corrected chi connectivity index (χ4v) is 8.65. The van der Waals surface area contributed by atoms with Crippen molar-refractivity contribution in [3.05, 3.63) is 123 Å². The topological polar surface area (TPSA) is 306 Å². The van der Waals surface area contributed by atoms with Gasteiger partial charge in [0.2, 0.25) is 0 Å². The second-order valence-electron chi connectivity index (χ2n) is 16.1. The van der Waals surface area contributed by atoms with Crippen LogP contribution in [0.2, 0.25) is 20.1 Å². The third-order valence-corrected chi connectivity index (χ3v) is 12.5. The predicted molar refractivity (Wildman–Crippen MR) is 266 cm³/mol. The molecule has 6 aromatic rings. The number of nitrogen functional groups attached to an aromatic ring is 2. The molecule has 0 saturated carbocycles. The average Bonchev–Trinajstić information content (AvgIpc) is 3.22. The SMILES string of the molecule is CN(C)C(Oc1c(Cl)cc(S(=O)(=O)[O-])cc1Cl)=[N+](C)C.Cc1cc2c(C)c(CC(=O)Oc3c(Cl)cc(S(=O)(=O)O)cc3Cl)c(=O)oc2cc1N.Cc1cc2c(C)c(CC(=O)[O-])c(=O)oc2cc1N.F[P-](F)(F)(F)(F)F.[K+]. The fourth-order valence-electron chi connectivity index (χ4n) is 6.20. The number of hydrogen-bond acceptors (Lipinski definition) is 16. The minimum absolute atomic E-state index is 0. The van der Waals surface area contributed by atoms with Gasteiger partial charge in [0.05, 0.1) is 70.1 Å². The average molecular weight is 1240 g/mol. The summed E-state index contributed by atoms with van der Waals surface area (Å²) in [6.45, 7) is 6.98. The van der Waals surface area contributed by atoms with Crippen LogP contribution in [0.5, 0.6) is 11.5 Å². The van der Waals surface area contributed by atoms with Gasteiger partial charge in [-0.2, -0.15) is 8.42 Å². The predicted octanol–water partition coefficient (Wildman–Crippen LogP) is 5.83. The maximum absolute atomic E-state index is 12.4. The van der Waals surface area contributed by atoms with E-state index in [0.717, 1.165) is 35.4 Å². The number of benzene rings is 4. The van der Waals surface area contributed by atoms with Crippen LogP contribution in [0, 0.1) is 27.7 Å². The summed E-state index contributed by atoms with van der Waals surface area (Å²) in [4.78, 5) is 47.7. The number of amidine groups is 1. The van der Waals surface area contributed by atoms with Crippen molar-refractivity contribution in [2.45, 2.75) is 50.3 Å². The number of nitrogens with zero attached hydrogens (tertiary/aromatic N) is 2. The molecule has 5 N–H and O–H groups in total. The van der Waals surface area contributed by atoms with E-state index in [-0.39, 0.29) is 94.1 Å². The van der Waals surface area contributed by atoms with Crippen molar-refractivity contribution in [3.8, 4) is 11.5 Å². The number of carboxylic acids is 1. The largest absolute Gasteiger partial charge is 1.00 e. The number of fused-ring (bicyclic) bond motifs is 2. The van der Waals surface area contributed by atoms with Crippen molar-refractivity contribution < 1.29 is 140 Å². The minimum Gasteiger partial charge on any atom is 1.00 e. The molecule has 0 aliphatic rings. The number of esters is 1. The molecule has 0 amide bonds. The van der Waals surface area contributed by atoms with E-state index >= 15 is 0 Å². The van der Waals surface area contributed by atoms with Crippen LogP contribution in [0.3, 0.4) is 0 Å². The standard InChI is InChI=1S/C19H15Cl2NO7S.C13H13NO4.C11H14Cl2N2O4S.F6P.K/c1-8-3-11-9(2)12(19(24)28-16(11)7-15(8)22)6-17(23)29-18-13(20)4-10(5-14(18)21)30(25,26)27;1-6-3-8-7(2)9(4-12(15)16)13(17)18-11(8)5-10(6)14;1-14(2)11(15(3)4)19-10-8(12)5-7(6-9(10)13)20(16,17)18;1-7(2,3,4,5)6;/h3-5,7H,6,22H2,1-2H3,(H,25,26,27);3,5H,4,14H2,1-2H3,(H,15,16);5-6H,1-4H3;;/q;;;-1;+1/p-1. The first-order chi connectivity index (χ1) is 33.8. The van der Waals surface area contributed by atoms with E-state index in [0.29, 0.717) is 50.5 Å². The number of ether oxygens (including phenoxy) is 2. The Labute approximate surface area is 490 Å². The molecule has 0 bridgehead atoms. The molecule has 2 aromatic heterocycles. The van der Waals surface area contributed by atoms with Gasteiger partial charge in [-0.3, -0.25) is 9.35 Å². The second-order valence-corrected chi connectivity index (χ2v) is 22.4. The number of aryl methyl sites for hydroxylation is 4. The van der Waals surface area contributed by atoms with E-state index in [4.69, 9.17) is 80.7 Å². The molecule has 33 heteroatoms. The van der Waals surface area contributed by atoms with Gasteiger partial charge in [0.15, 0.2) is 11.5 Å². The molecule has 0 atom stereocenters. The first-order valence-electron chi connectivity index (χ1n) is 20.2. The second kappa shape index (κ2) is 24.8. The Kier molecular flexibility index (Phi) is 22.2. The smallest absolute Gasteiger partial charge is 1.00 e. The summed E-state index contributed by atoms with van der Waals surface area (Å²) in [6, 6.07) is 10.9. The van der Waals surface area contributed by atoms with Crippen molar-refractivity contribution in [1.82, 2.24) is 4.90 Å². The molecule has 0 saturated heterocycles. The molecule has 6 rings (SSSR count). The Morgan fingerprint density at radius 2 is 1.03 bits per heavy atom. The number of carbonyl (C=O) groups is 2. The molecule has 2 heterocycles. The van der Waals surface area contributed by atoms with E-state index in [1.54, 1.807) is 76.6 Å². The minimum atomic E-state index is -10.7. The number of carboxylic acid groups (broad SMARTS) is 1. The zero-order valence-corrected chi connectivity index (χ0v) is 49.5. The van der Waals surface area contributed by atoms with Gasteiger partial charge in [-0.15, -0.1) is 0 Å². The number of halogens is 10. The van der Waals surface area contributed by atoms with Gasteiger partial charge < -0.3 is 44.2 Å². The Morgan fingerprint density at radius 1 is 0.684 bits per heavy atom. The number of hydrogen-bond donors (Lipinski definition) is 3. The Bertz CT molecular complexity index is 3630. The maximum Gasteiger partial charge on any atom is 1.00 e. The molecule has 0 spiro atoms. The van der Waals surface area contributed by atoms with Crippen LogP contribution in [0.4, 0.5) is 36.6 Å². The number of rotatable bonds is 8. The van der Waals surface area contributed by atoms with Gasteiger partial charge >= 0.3 is 108 Å². The van der Waals surface area contributed by atoms with E-state index in [2.05, 4.69) is 0 Å². The summed E-state index contributed by atoms with van der Waals surface area (Å²) < 4.78 is 146.